The predicted molar refractivity (Wildman–Crippen MR) is 97.8 cm³/mol. The Morgan fingerprint density at radius 3 is 2.48 bits per heavy atom. The van der Waals surface area contributed by atoms with Crippen LogP contribution in [-0.4, -0.2) is 44.7 Å². The van der Waals surface area contributed by atoms with Crippen molar-refractivity contribution in [2.45, 2.75) is 25.9 Å². The van der Waals surface area contributed by atoms with E-state index < -0.39 is 0 Å². The molecule has 0 fully saturated rings. The number of methoxy groups -OCH3 is 1. The minimum Gasteiger partial charge on any atom is -0.377 e. The van der Waals surface area contributed by atoms with Crippen molar-refractivity contribution in [1.29, 1.82) is 0 Å². The second-order valence-corrected chi connectivity index (χ2v) is 6.54. The highest BCUT2D eigenvalue weighted by Crippen LogP contribution is 2.14. The molecule has 7 heteroatoms. The second kappa shape index (κ2) is 9.52. The maximum atomic E-state index is 11.9. The molecule has 0 bridgehead atoms. The van der Waals surface area contributed by atoms with Crippen LogP contribution in [0.25, 0.3) is 0 Å². The molecule has 3 N–H and O–H groups in total. The number of benzene rings is 1. The number of nitrogens with one attached hydrogen (secondary N) is 3. The first kappa shape index (κ1) is 19.4. The van der Waals surface area contributed by atoms with Gasteiger partial charge in [-0.05, 0) is 38.1 Å². The number of ether oxygens (including phenoxy) is 1. The lowest BCUT2D eigenvalue weighted by atomic mass is 10.1. The summed E-state index contributed by atoms with van der Waals surface area (Å²) in [6, 6.07) is 7.47. The molecule has 23 heavy (non-hydrogen) atoms. The van der Waals surface area contributed by atoms with Gasteiger partial charge in [0.25, 0.3) is 0 Å². The molecule has 0 heterocycles. The highest BCUT2D eigenvalue weighted by Gasteiger charge is 2.16. The van der Waals surface area contributed by atoms with Gasteiger partial charge in [0.2, 0.25) is 5.91 Å². The van der Waals surface area contributed by atoms with Gasteiger partial charge in [-0.2, -0.15) is 0 Å². The SMILES string of the molecule is CN=C(NCCC(=O)Nc1ccc(Br)cc1)NCC(C)(C)OC. The lowest BCUT2D eigenvalue weighted by molar-refractivity contribution is -0.116. The van der Waals surface area contributed by atoms with Crippen molar-refractivity contribution < 1.29 is 9.53 Å². The van der Waals surface area contributed by atoms with E-state index in [1.54, 1.807) is 14.2 Å². The molecule has 0 radical (unpaired) electrons. The average molecular weight is 385 g/mol. The molecule has 1 aromatic rings. The number of hydrogen-bond acceptors (Lipinski definition) is 3. The van der Waals surface area contributed by atoms with Crippen molar-refractivity contribution in [3.63, 3.8) is 0 Å². The highest BCUT2D eigenvalue weighted by atomic mass is 79.9. The summed E-state index contributed by atoms with van der Waals surface area (Å²) >= 11 is 3.36. The molecule has 0 saturated heterocycles. The molecule has 0 unspecified atom stereocenters. The summed E-state index contributed by atoms with van der Waals surface area (Å²) < 4.78 is 6.32. The molecular weight excluding hydrogens is 360 g/mol. The number of carbonyl (C=O) groups is 1. The number of amides is 1. The molecule has 0 aliphatic carbocycles. The quantitative estimate of drug-likeness (QED) is 0.498. The van der Waals surface area contributed by atoms with Crippen LogP contribution in [0.3, 0.4) is 0 Å². The van der Waals surface area contributed by atoms with Crippen LogP contribution >= 0.6 is 15.9 Å². The molecule has 0 aliphatic rings. The Hall–Kier alpha value is -1.60. The van der Waals surface area contributed by atoms with E-state index in [0.717, 1.165) is 10.2 Å². The van der Waals surface area contributed by atoms with Crippen molar-refractivity contribution in [1.82, 2.24) is 10.6 Å². The fourth-order valence-corrected chi connectivity index (χ4v) is 1.90. The van der Waals surface area contributed by atoms with Crippen molar-refractivity contribution in [2.24, 2.45) is 4.99 Å². The molecule has 1 rings (SSSR count). The molecule has 0 saturated carbocycles. The second-order valence-electron chi connectivity index (χ2n) is 5.62. The number of halogens is 1. The summed E-state index contributed by atoms with van der Waals surface area (Å²) in [7, 11) is 3.36. The van der Waals surface area contributed by atoms with Gasteiger partial charge in [-0.1, -0.05) is 15.9 Å². The Balaban J connectivity index is 2.31. The predicted octanol–water partition coefficient (Wildman–Crippen LogP) is 2.37. The van der Waals surface area contributed by atoms with Crippen LogP contribution in [0.1, 0.15) is 20.3 Å². The van der Waals surface area contributed by atoms with Gasteiger partial charge in [-0.15, -0.1) is 0 Å². The van der Waals surface area contributed by atoms with Gasteiger partial charge < -0.3 is 20.7 Å². The third-order valence-corrected chi connectivity index (χ3v) is 3.76. The minimum atomic E-state index is -0.281. The van der Waals surface area contributed by atoms with E-state index in [1.165, 1.54) is 0 Å². The maximum Gasteiger partial charge on any atom is 0.226 e. The maximum absolute atomic E-state index is 11.9. The van der Waals surface area contributed by atoms with Crippen molar-refractivity contribution in [2.75, 3.05) is 32.6 Å². The molecule has 0 atom stereocenters. The lowest BCUT2D eigenvalue weighted by Gasteiger charge is -2.24. The van der Waals surface area contributed by atoms with Crippen LogP contribution in [0.15, 0.2) is 33.7 Å². The summed E-state index contributed by atoms with van der Waals surface area (Å²) in [5.74, 6) is 0.596. The normalized spacial score (nSPS) is 12.0. The zero-order valence-corrected chi connectivity index (χ0v) is 15.7. The molecule has 6 nitrogen and oxygen atoms in total. The van der Waals surface area contributed by atoms with Crippen LogP contribution in [-0.2, 0) is 9.53 Å². The molecule has 0 aromatic heterocycles. The Bertz CT molecular complexity index is 529. The van der Waals surface area contributed by atoms with E-state index in [2.05, 4.69) is 36.9 Å². The third-order valence-electron chi connectivity index (χ3n) is 3.23. The van der Waals surface area contributed by atoms with E-state index in [0.29, 0.717) is 25.5 Å². The molecule has 1 aromatic carbocycles. The van der Waals surface area contributed by atoms with Crippen LogP contribution in [0.2, 0.25) is 0 Å². The Morgan fingerprint density at radius 1 is 1.26 bits per heavy atom. The summed E-state index contributed by atoms with van der Waals surface area (Å²) in [6.07, 6.45) is 0.352. The summed E-state index contributed by atoms with van der Waals surface area (Å²) in [4.78, 5) is 16.0. The number of anilines is 1. The van der Waals surface area contributed by atoms with Gasteiger partial charge in [-0.25, -0.2) is 0 Å². The van der Waals surface area contributed by atoms with E-state index in [9.17, 15) is 4.79 Å². The highest BCUT2D eigenvalue weighted by molar-refractivity contribution is 9.10. The van der Waals surface area contributed by atoms with E-state index >= 15 is 0 Å². The van der Waals surface area contributed by atoms with Crippen LogP contribution in [0.4, 0.5) is 5.69 Å². The molecule has 128 valence electrons. The van der Waals surface area contributed by atoms with E-state index in [1.807, 2.05) is 38.1 Å². The van der Waals surface area contributed by atoms with Crippen LogP contribution < -0.4 is 16.0 Å². The first-order valence-electron chi connectivity index (χ1n) is 7.41. The Kier molecular flexibility index (Phi) is 8.05. The largest absolute Gasteiger partial charge is 0.377 e. The Labute approximate surface area is 146 Å². The van der Waals surface area contributed by atoms with Crippen LogP contribution in [0, 0.1) is 0 Å². The monoisotopic (exact) mass is 384 g/mol. The number of guanidine groups is 1. The topological polar surface area (TPSA) is 74.8 Å². The number of nitrogens with zero attached hydrogens (tertiary/aromatic N) is 1. The van der Waals surface area contributed by atoms with Gasteiger partial charge in [0.1, 0.15) is 0 Å². The first-order chi connectivity index (χ1) is 10.9. The van der Waals surface area contributed by atoms with Crippen molar-refractivity contribution in [3.05, 3.63) is 28.7 Å². The summed E-state index contributed by atoms with van der Waals surface area (Å²) in [6.45, 7) is 5.08. The number of carbonyl (C=O) groups excluding carboxylic acids is 1. The molecule has 1 amide bonds. The van der Waals surface area contributed by atoms with Gasteiger partial charge in [0, 0.05) is 43.8 Å². The average Bonchev–Trinajstić information content (AvgIpc) is 2.53. The Morgan fingerprint density at radius 2 is 1.91 bits per heavy atom. The zero-order valence-electron chi connectivity index (χ0n) is 14.1. The van der Waals surface area contributed by atoms with Crippen LogP contribution in [0.5, 0.6) is 0 Å². The smallest absolute Gasteiger partial charge is 0.226 e. The van der Waals surface area contributed by atoms with Gasteiger partial charge in [-0.3, -0.25) is 9.79 Å². The van der Waals surface area contributed by atoms with Crippen molar-refractivity contribution in [3.8, 4) is 0 Å². The lowest BCUT2D eigenvalue weighted by Crippen LogP contribution is -2.45. The van der Waals surface area contributed by atoms with Gasteiger partial charge in [0.05, 0.1) is 5.60 Å². The summed E-state index contributed by atoms with van der Waals surface area (Å²) in [5.41, 5.74) is 0.499. The van der Waals surface area contributed by atoms with E-state index in [4.69, 9.17) is 4.74 Å². The van der Waals surface area contributed by atoms with E-state index in [-0.39, 0.29) is 11.5 Å². The molecule has 0 spiro atoms. The van der Waals surface area contributed by atoms with Gasteiger partial charge >= 0.3 is 0 Å². The number of aliphatic imine (C=N–C) groups is 1. The van der Waals surface area contributed by atoms with Gasteiger partial charge in [0.15, 0.2) is 5.96 Å². The number of rotatable bonds is 7. The zero-order chi connectivity index (χ0) is 17.3. The fourth-order valence-electron chi connectivity index (χ4n) is 1.64. The third kappa shape index (κ3) is 7.99. The summed E-state index contributed by atoms with van der Waals surface area (Å²) in [5, 5.41) is 9.12. The molecule has 0 aliphatic heterocycles. The standard InChI is InChI=1S/C16H25BrN4O2/c1-16(2,23-4)11-20-15(18-3)19-10-9-14(22)21-13-7-5-12(17)6-8-13/h5-8H,9-11H2,1-4H3,(H,21,22)(H2,18,19,20). The van der Waals surface area contributed by atoms with Crippen molar-refractivity contribution >= 4 is 33.5 Å². The molecular formula is C16H25BrN4O2. The minimum absolute atomic E-state index is 0.0486. The number of hydrogen-bond donors (Lipinski definition) is 3. The fraction of sp³-hybridized carbons (Fsp3) is 0.500. The first-order valence-corrected chi connectivity index (χ1v) is 8.20.